The van der Waals surface area contributed by atoms with Crippen molar-refractivity contribution in [2.75, 3.05) is 19.1 Å². The van der Waals surface area contributed by atoms with Gasteiger partial charge in [0.1, 0.15) is 22.6 Å². The minimum absolute atomic E-state index is 0.0681. The zero-order valence-electron chi connectivity index (χ0n) is 18.9. The van der Waals surface area contributed by atoms with E-state index in [9.17, 15) is 14.9 Å². The predicted octanol–water partition coefficient (Wildman–Crippen LogP) is 5.04. The number of amides is 1. The first-order valence-electron chi connectivity index (χ1n) is 11.4. The smallest absolute Gasteiger partial charge is 0.232 e. The Labute approximate surface area is 197 Å². The highest BCUT2D eigenvalue weighted by Crippen LogP contribution is 2.49. The zero-order chi connectivity index (χ0) is 23.1. The molecule has 2 heterocycles. The summed E-state index contributed by atoms with van der Waals surface area (Å²) in [7, 11) is 3.18. The molecule has 33 heavy (non-hydrogen) atoms. The molecule has 7 heteroatoms. The van der Waals surface area contributed by atoms with Gasteiger partial charge in [-0.05, 0) is 50.2 Å². The summed E-state index contributed by atoms with van der Waals surface area (Å²) in [6.07, 6.45) is 6.01. The van der Waals surface area contributed by atoms with Gasteiger partial charge in [0, 0.05) is 46.5 Å². The number of allylic oxidation sites excluding steroid dienone is 2. The van der Waals surface area contributed by atoms with Gasteiger partial charge >= 0.3 is 0 Å². The average Bonchev–Trinajstić information content (AvgIpc) is 3.21. The third-order valence-electron chi connectivity index (χ3n) is 6.96. The van der Waals surface area contributed by atoms with Crippen molar-refractivity contribution >= 4 is 28.0 Å². The first-order chi connectivity index (χ1) is 16.1. The van der Waals surface area contributed by atoms with Crippen LogP contribution in [0.4, 0.5) is 5.00 Å². The first kappa shape index (κ1) is 21.7. The van der Waals surface area contributed by atoms with Crippen molar-refractivity contribution in [1.29, 1.82) is 5.26 Å². The Hall–Kier alpha value is -3.11. The zero-order valence-corrected chi connectivity index (χ0v) is 19.7. The number of carbonyl (C=O) groups is 2. The van der Waals surface area contributed by atoms with Crippen molar-refractivity contribution in [1.82, 2.24) is 0 Å². The Kier molecular flexibility index (Phi) is 5.71. The number of ether oxygens (including phenoxy) is 2. The molecule has 0 saturated carbocycles. The molecule has 6 nitrogen and oxygen atoms in total. The minimum atomic E-state index is -0.363. The summed E-state index contributed by atoms with van der Waals surface area (Å²) < 4.78 is 10.9. The van der Waals surface area contributed by atoms with Crippen LogP contribution in [0.15, 0.2) is 29.5 Å². The third kappa shape index (κ3) is 3.53. The molecule has 0 fully saturated rings. The number of carbonyl (C=O) groups excluding carboxylic acids is 2. The van der Waals surface area contributed by atoms with Gasteiger partial charge < -0.3 is 9.47 Å². The maximum Gasteiger partial charge on any atom is 0.232 e. The maximum atomic E-state index is 13.7. The van der Waals surface area contributed by atoms with Crippen LogP contribution in [0.25, 0.3) is 0 Å². The predicted molar refractivity (Wildman–Crippen MR) is 126 cm³/mol. The van der Waals surface area contributed by atoms with Crippen LogP contribution in [0.1, 0.15) is 66.0 Å². The Morgan fingerprint density at radius 2 is 1.88 bits per heavy atom. The van der Waals surface area contributed by atoms with E-state index in [2.05, 4.69) is 6.07 Å². The van der Waals surface area contributed by atoms with E-state index >= 15 is 0 Å². The lowest BCUT2D eigenvalue weighted by atomic mass is 9.77. The number of Topliss-reactive ketones (excluding diaryl/α,β-unsaturated/α-hetero) is 1. The molecule has 0 spiro atoms. The molecule has 1 aliphatic heterocycles. The number of thiophene rings is 1. The fourth-order valence-electron chi connectivity index (χ4n) is 5.42. The number of ketones is 1. The van der Waals surface area contributed by atoms with Crippen molar-refractivity contribution in [3.63, 3.8) is 0 Å². The standard InChI is InChI=1S/C26H26N2O4S/c1-31-15-10-11-16(22(12-15)32-2)18-13-24(30)28(20-7-5-8-21(29)25(18)20)26-19(14-27)17-6-3-4-9-23(17)33-26/h10-12,18H,3-9,13H2,1-2H3/t18-/m0/s1. The molecule has 0 unspecified atom stereocenters. The van der Waals surface area contributed by atoms with E-state index in [1.54, 1.807) is 36.5 Å². The summed E-state index contributed by atoms with van der Waals surface area (Å²) >= 11 is 1.56. The van der Waals surface area contributed by atoms with E-state index in [1.165, 1.54) is 4.88 Å². The van der Waals surface area contributed by atoms with Gasteiger partial charge in [-0.15, -0.1) is 11.3 Å². The second kappa shape index (κ2) is 8.68. The Bertz CT molecular complexity index is 1220. The fraction of sp³-hybridized carbons (Fsp3) is 0.423. The fourth-order valence-corrected chi connectivity index (χ4v) is 6.81. The number of nitrogens with zero attached hydrogens (tertiary/aromatic N) is 2. The molecule has 0 saturated heterocycles. The lowest BCUT2D eigenvalue weighted by molar-refractivity contribution is -0.119. The molecule has 5 rings (SSSR count). The molecule has 170 valence electrons. The largest absolute Gasteiger partial charge is 0.497 e. The Morgan fingerprint density at radius 3 is 2.64 bits per heavy atom. The number of aryl methyl sites for hydroxylation is 1. The normalized spacial score (nSPS) is 20.3. The van der Waals surface area contributed by atoms with Gasteiger partial charge in [0.2, 0.25) is 5.91 Å². The number of benzene rings is 1. The highest BCUT2D eigenvalue weighted by Gasteiger charge is 2.42. The molecule has 3 aliphatic rings. The van der Waals surface area contributed by atoms with Crippen molar-refractivity contribution in [2.45, 2.75) is 57.3 Å². The quantitative estimate of drug-likeness (QED) is 0.636. The van der Waals surface area contributed by atoms with E-state index in [0.29, 0.717) is 46.9 Å². The van der Waals surface area contributed by atoms with Crippen LogP contribution in [-0.4, -0.2) is 25.9 Å². The van der Waals surface area contributed by atoms with Gasteiger partial charge in [-0.2, -0.15) is 5.26 Å². The highest BCUT2D eigenvalue weighted by molar-refractivity contribution is 7.16. The summed E-state index contributed by atoms with van der Waals surface area (Å²) in [5, 5.41) is 10.7. The molecular formula is C26H26N2O4S. The van der Waals surface area contributed by atoms with Crippen molar-refractivity contribution < 1.29 is 19.1 Å². The second-order valence-corrected chi connectivity index (χ2v) is 9.82. The van der Waals surface area contributed by atoms with E-state index < -0.39 is 0 Å². The number of methoxy groups -OCH3 is 2. The highest BCUT2D eigenvalue weighted by atomic mass is 32.1. The van der Waals surface area contributed by atoms with E-state index in [4.69, 9.17) is 9.47 Å². The van der Waals surface area contributed by atoms with E-state index in [-0.39, 0.29) is 24.0 Å². The molecule has 2 aliphatic carbocycles. The van der Waals surface area contributed by atoms with Gasteiger partial charge in [-0.25, -0.2) is 0 Å². The SMILES string of the molecule is COc1ccc([C@@H]2CC(=O)N(c3sc4c(c3C#N)CCCC4)C3=C2C(=O)CCC3)c(OC)c1. The van der Waals surface area contributed by atoms with Crippen LogP contribution in [-0.2, 0) is 22.4 Å². The van der Waals surface area contributed by atoms with Gasteiger partial charge in [0.15, 0.2) is 5.78 Å². The topological polar surface area (TPSA) is 79.6 Å². The summed E-state index contributed by atoms with van der Waals surface area (Å²) in [6, 6.07) is 7.90. The minimum Gasteiger partial charge on any atom is -0.497 e. The molecule has 1 amide bonds. The van der Waals surface area contributed by atoms with Crippen LogP contribution in [0.3, 0.4) is 0 Å². The number of hydrogen-bond acceptors (Lipinski definition) is 6. The molecule has 1 aromatic heterocycles. The van der Waals surface area contributed by atoms with Crippen LogP contribution in [0.5, 0.6) is 11.5 Å². The van der Waals surface area contributed by atoms with Crippen LogP contribution < -0.4 is 14.4 Å². The summed E-state index contributed by atoms with van der Waals surface area (Å²) in [6.45, 7) is 0. The lowest BCUT2D eigenvalue weighted by Gasteiger charge is -2.38. The summed E-state index contributed by atoms with van der Waals surface area (Å²) in [5.74, 6) is 0.914. The molecule has 0 radical (unpaired) electrons. The summed E-state index contributed by atoms with van der Waals surface area (Å²) in [4.78, 5) is 29.8. The first-order valence-corrected chi connectivity index (χ1v) is 12.2. The van der Waals surface area contributed by atoms with E-state index in [0.717, 1.165) is 42.5 Å². The van der Waals surface area contributed by atoms with E-state index in [1.807, 2.05) is 12.1 Å². The molecule has 1 atom stereocenters. The monoisotopic (exact) mass is 462 g/mol. The maximum absolute atomic E-state index is 13.7. The second-order valence-electron chi connectivity index (χ2n) is 8.73. The van der Waals surface area contributed by atoms with Crippen LogP contribution in [0, 0.1) is 11.3 Å². The average molecular weight is 463 g/mol. The number of rotatable bonds is 4. The number of anilines is 1. The van der Waals surface area contributed by atoms with Gasteiger partial charge in [0.25, 0.3) is 0 Å². The van der Waals surface area contributed by atoms with Gasteiger partial charge in [-0.3, -0.25) is 14.5 Å². The number of nitriles is 1. The van der Waals surface area contributed by atoms with Gasteiger partial charge in [0.05, 0.1) is 19.8 Å². The third-order valence-corrected chi connectivity index (χ3v) is 8.24. The van der Waals surface area contributed by atoms with Crippen LogP contribution >= 0.6 is 11.3 Å². The molecule has 0 bridgehead atoms. The van der Waals surface area contributed by atoms with Crippen molar-refractivity contribution in [2.24, 2.45) is 0 Å². The van der Waals surface area contributed by atoms with Gasteiger partial charge in [-0.1, -0.05) is 6.07 Å². The molecule has 2 aromatic rings. The summed E-state index contributed by atoms with van der Waals surface area (Å²) in [5.41, 5.74) is 3.99. The van der Waals surface area contributed by atoms with Crippen molar-refractivity contribution in [3.05, 3.63) is 51.0 Å². The van der Waals surface area contributed by atoms with Crippen LogP contribution in [0.2, 0.25) is 0 Å². The Balaban J connectivity index is 1.67. The molecule has 1 aromatic carbocycles. The Morgan fingerprint density at radius 1 is 1.06 bits per heavy atom. The molecular weight excluding hydrogens is 436 g/mol. The number of fused-ring (bicyclic) bond motifs is 1. The lowest BCUT2D eigenvalue weighted by Crippen LogP contribution is -2.40. The number of hydrogen-bond donors (Lipinski definition) is 0. The molecule has 0 N–H and O–H groups in total. The van der Waals surface area contributed by atoms with Crippen molar-refractivity contribution in [3.8, 4) is 17.6 Å².